The number of esters is 2. The van der Waals surface area contributed by atoms with Gasteiger partial charge in [-0.15, -0.1) is 0 Å². The Morgan fingerprint density at radius 3 is 1.55 bits per heavy atom. The van der Waals surface area contributed by atoms with Gasteiger partial charge < -0.3 is 9.47 Å². The average Bonchev–Trinajstić information content (AvgIpc) is 2.45. The third-order valence-corrected chi connectivity index (χ3v) is 2.91. The summed E-state index contributed by atoms with van der Waals surface area (Å²) < 4.78 is 10.2. The molecule has 0 fully saturated rings. The quantitative estimate of drug-likeness (QED) is 0.411. The number of fused-ring (bicyclic) bond motifs is 2. The fourth-order valence-corrected chi connectivity index (χ4v) is 2.10. The van der Waals surface area contributed by atoms with Crippen molar-refractivity contribution in [2.45, 2.75) is 13.8 Å². The number of rotatable bonds is 2. The highest BCUT2D eigenvalue weighted by Gasteiger charge is 2.14. The van der Waals surface area contributed by atoms with Crippen molar-refractivity contribution in [1.82, 2.24) is 9.97 Å². The van der Waals surface area contributed by atoms with Gasteiger partial charge in [0.2, 0.25) is 0 Å². The molecule has 0 saturated carbocycles. The van der Waals surface area contributed by atoms with Crippen LogP contribution in [-0.2, 0) is 9.59 Å². The van der Waals surface area contributed by atoms with Gasteiger partial charge in [-0.05, 0) is 12.1 Å². The molecular formula is C16H12N2O4. The van der Waals surface area contributed by atoms with E-state index >= 15 is 0 Å². The second-order valence-electron chi connectivity index (χ2n) is 4.69. The number of carbonyl (C=O) groups excluding carboxylic acids is 2. The summed E-state index contributed by atoms with van der Waals surface area (Å²) in [6.07, 6.45) is 0. The van der Waals surface area contributed by atoms with Gasteiger partial charge in [0.25, 0.3) is 0 Å². The van der Waals surface area contributed by atoms with Crippen molar-refractivity contribution in [3.63, 3.8) is 0 Å². The van der Waals surface area contributed by atoms with Crippen LogP contribution in [0, 0.1) is 0 Å². The number of ether oxygens (including phenoxy) is 2. The van der Waals surface area contributed by atoms with Crippen molar-refractivity contribution >= 4 is 34.0 Å². The Kier molecular flexibility index (Phi) is 3.42. The highest BCUT2D eigenvalue weighted by atomic mass is 16.6. The van der Waals surface area contributed by atoms with Crippen LogP contribution in [0.15, 0.2) is 36.4 Å². The zero-order valence-electron chi connectivity index (χ0n) is 12.0. The molecule has 0 amide bonds. The molecule has 1 aromatic heterocycles. The van der Waals surface area contributed by atoms with Gasteiger partial charge in [-0.1, -0.05) is 12.1 Å². The van der Waals surface area contributed by atoms with Gasteiger partial charge in [-0.2, -0.15) is 0 Å². The Labute approximate surface area is 125 Å². The molecule has 0 aliphatic rings. The molecule has 0 aliphatic carbocycles. The molecule has 0 aliphatic heterocycles. The van der Waals surface area contributed by atoms with Gasteiger partial charge in [0.1, 0.15) is 0 Å². The predicted octanol–water partition coefficient (Wildman–Crippen LogP) is 2.63. The third kappa shape index (κ3) is 2.71. The van der Waals surface area contributed by atoms with Crippen molar-refractivity contribution in [2.75, 3.05) is 0 Å². The molecular weight excluding hydrogens is 284 g/mol. The van der Waals surface area contributed by atoms with Crippen LogP contribution in [0.2, 0.25) is 0 Å². The smallest absolute Gasteiger partial charge is 0.308 e. The summed E-state index contributed by atoms with van der Waals surface area (Å²) in [6, 6.07) is 10.5. The highest BCUT2D eigenvalue weighted by molar-refractivity contribution is 5.89. The standard InChI is InChI=1S/C16H12N2O4/c1-9(19)21-15-7-13-14(8-16(15)22-10(2)20)18-12-6-4-3-5-11(12)17-13/h3-8H,1-2H3. The molecule has 0 spiro atoms. The second-order valence-corrected chi connectivity index (χ2v) is 4.69. The third-order valence-electron chi connectivity index (χ3n) is 2.91. The van der Waals surface area contributed by atoms with E-state index < -0.39 is 11.9 Å². The Balaban J connectivity index is 2.23. The van der Waals surface area contributed by atoms with Crippen LogP contribution in [0.3, 0.4) is 0 Å². The van der Waals surface area contributed by atoms with E-state index in [4.69, 9.17) is 9.47 Å². The number of carbonyl (C=O) groups is 2. The molecule has 1 heterocycles. The van der Waals surface area contributed by atoms with Crippen LogP contribution in [0.4, 0.5) is 0 Å². The van der Waals surface area contributed by atoms with Crippen LogP contribution in [0.1, 0.15) is 13.8 Å². The Morgan fingerprint density at radius 1 is 0.773 bits per heavy atom. The minimum atomic E-state index is -0.512. The normalized spacial score (nSPS) is 10.6. The maximum atomic E-state index is 11.2. The van der Waals surface area contributed by atoms with Crippen molar-refractivity contribution < 1.29 is 19.1 Å². The number of aromatic nitrogens is 2. The van der Waals surface area contributed by atoms with E-state index in [1.165, 1.54) is 26.0 Å². The average molecular weight is 296 g/mol. The van der Waals surface area contributed by atoms with E-state index in [1.807, 2.05) is 24.3 Å². The number of benzene rings is 2. The molecule has 0 atom stereocenters. The number of hydrogen-bond donors (Lipinski definition) is 0. The molecule has 6 nitrogen and oxygen atoms in total. The molecule has 0 radical (unpaired) electrons. The molecule has 2 aromatic carbocycles. The Morgan fingerprint density at radius 2 is 1.18 bits per heavy atom. The lowest BCUT2D eigenvalue weighted by atomic mass is 10.2. The van der Waals surface area contributed by atoms with Crippen LogP contribution >= 0.6 is 0 Å². The molecule has 0 bridgehead atoms. The molecule has 3 rings (SSSR count). The summed E-state index contributed by atoms with van der Waals surface area (Å²) in [5.41, 5.74) is 2.55. The maximum Gasteiger partial charge on any atom is 0.308 e. The van der Waals surface area contributed by atoms with E-state index in [-0.39, 0.29) is 11.5 Å². The number of para-hydroxylation sites is 2. The van der Waals surface area contributed by atoms with E-state index in [9.17, 15) is 9.59 Å². The fraction of sp³-hybridized carbons (Fsp3) is 0.125. The summed E-state index contributed by atoms with van der Waals surface area (Å²) in [4.78, 5) is 31.3. The monoisotopic (exact) mass is 296 g/mol. The van der Waals surface area contributed by atoms with E-state index in [0.717, 1.165) is 11.0 Å². The first-order valence-corrected chi connectivity index (χ1v) is 6.60. The topological polar surface area (TPSA) is 78.4 Å². The molecule has 22 heavy (non-hydrogen) atoms. The highest BCUT2D eigenvalue weighted by Crippen LogP contribution is 2.32. The van der Waals surface area contributed by atoms with Crippen molar-refractivity contribution in [1.29, 1.82) is 0 Å². The van der Waals surface area contributed by atoms with Crippen molar-refractivity contribution in [3.05, 3.63) is 36.4 Å². The molecule has 0 saturated heterocycles. The SMILES string of the molecule is CC(=O)Oc1cc2nc3ccccc3nc2cc1OC(C)=O. The Bertz CT molecular complexity index is 831. The van der Waals surface area contributed by atoms with Crippen LogP contribution in [-0.4, -0.2) is 21.9 Å². The summed E-state index contributed by atoms with van der Waals surface area (Å²) in [7, 11) is 0. The van der Waals surface area contributed by atoms with Crippen LogP contribution in [0.5, 0.6) is 11.5 Å². The zero-order valence-corrected chi connectivity index (χ0v) is 12.0. The van der Waals surface area contributed by atoms with Gasteiger partial charge in [-0.25, -0.2) is 9.97 Å². The lowest BCUT2D eigenvalue weighted by Gasteiger charge is -2.10. The Hall–Kier alpha value is -3.02. The molecule has 0 N–H and O–H groups in total. The lowest BCUT2D eigenvalue weighted by Crippen LogP contribution is -2.07. The minimum Gasteiger partial charge on any atom is -0.423 e. The van der Waals surface area contributed by atoms with Gasteiger partial charge in [0.15, 0.2) is 11.5 Å². The predicted molar refractivity (Wildman–Crippen MR) is 79.7 cm³/mol. The lowest BCUT2D eigenvalue weighted by molar-refractivity contribution is -0.134. The molecule has 6 heteroatoms. The van der Waals surface area contributed by atoms with Gasteiger partial charge >= 0.3 is 11.9 Å². The van der Waals surface area contributed by atoms with Crippen molar-refractivity contribution in [2.24, 2.45) is 0 Å². The van der Waals surface area contributed by atoms with E-state index in [1.54, 1.807) is 0 Å². The second kappa shape index (κ2) is 5.40. The van der Waals surface area contributed by atoms with Crippen LogP contribution < -0.4 is 9.47 Å². The fourth-order valence-electron chi connectivity index (χ4n) is 2.10. The molecule has 3 aromatic rings. The minimum absolute atomic E-state index is 0.139. The first-order chi connectivity index (χ1) is 10.5. The zero-order chi connectivity index (χ0) is 15.7. The van der Waals surface area contributed by atoms with Gasteiger partial charge in [0.05, 0.1) is 22.1 Å². The van der Waals surface area contributed by atoms with Gasteiger partial charge in [-0.3, -0.25) is 9.59 Å². The summed E-state index contributed by atoms with van der Waals surface area (Å²) in [5.74, 6) is -0.748. The first-order valence-electron chi connectivity index (χ1n) is 6.60. The van der Waals surface area contributed by atoms with E-state index in [0.29, 0.717) is 11.0 Å². The summed E-state index contributed by atoms with van der Waals surface area (Å²) >= 11 is 0. The van der Waals surface area contributed by atoms with Crippen LogP contribution in [0.25, 0.3) is 22.1 Å². The number of nitrogens with zero attached hydrogens (tertiary/aromatic N) is 2. The van der Waals surface area contributed by atoms with Crippen molar-refractivity contribution in [3.8, 4) is 11.5 Å². The summed E-state index contributed by atoms with van der Waals surface area (Å²) in [6.45, 7) is 2.54. The van der Waals surface area contributed by atoms with E-state index in [2.05, 4.69) is 9.97 Å². The maximum absolute atomic E-state index is 11.2. The van der Waals surface area contributed by atoms with Gasteiger partial charge in [0, 0.05) is 26.0 Å². The molecule has 110 valence electrons. The summed E-state index contributed by atoms with van der Waals surface area (Å²) in [5, 5.41) is 0. The first kappa shape index (κ1) is 13.9. The largest absolute Gasteiger partial charge is 0.423 e. The number of hydrogen-bond acceptors (Lipinski definition) is 6. The molecule has 0 unspecified atom stereocenters.